The van der Waals surface area contributed by atoms with Crippen molar-refractivity contribution in [3.63, 3.8) is 0 Å². The van der Waals surface area contributed by atoms with Gasteiger partial charge < -0.3 is 15.0 Å². The van der Waals surface area contributed by atoms with Crippen molar-refractivity contribution in [3.05, 3.63) is 5.01 Å². The monoisotopic (exact) mass is 353 g/mol. The van der Waals surface area contributed by atoms with Crippen molar-refractivity contribution in [2.45, 2.75) is 32.7 Å². The van der Waals surface area contributed by atoms with Crippen molar-refractivity contribution < 1.29 is 9.53 Å². The molecule has 2 saturated heterocycles. The molecule has 0 unspecified atom stereocenters. The molecule has 1 N–H and O–H groups in total. The summed E-state index contributed by atoms with van der Waals surface area (Å²) in [5.74, 6) is 0.776. The summed E-state index contributed by atoms with van der Waals surface area (Å²) in [5.41, 5.74) is 0. The van der Waals surface area contributed by atoms with E-state index in [4.69, 9.17) is 4.74 Å². The molecule has 1 aromatic rings. The number of aromatic nitrogens is 2. The minimum absolute atomic E-state index is 0.223. The Labute approximate surface area is 147 Å². The van der Waals surface area contributed by atoms with Gasteiger partial charge in [0.25, 0.3) is 0 Å². The molecule has 1 aromatic heterocycles. The summed E-state index contributed by atoms with van der Waals surface area (Å²) >= 11 is 1.59. The third kappa shape index (κ3) is 4.43. The Kier molecular flexibility index (Phi) is 6.02. The van der Waals surface area contributed by atoms with E-state index in [1.54, 1.807) is 11.3 Å². The van der Waals surface area contributed by atoms with Gasteiger partial charge in [0.15, 0.2) is 0 Å². The first-order chi connectivity index (χ1) is 11.7. The third-order valence-corrected chi connectivity index (χ3v) is 5.50. The summed E-state index contributed by atoms with van der Waals surface area (Å²) in [6.07, 6.45) is 2.32. The number of nitrogens with zero attached hydrogens (tertiary/aromatic N) is 4. The number of ether oxygens (including phenoxy) is 1. The van der Waals surface area contributed by atoms with Crippen LogP contribution < -0.4 is 5.32 Å². The number of anilines is 1. The Morgan fingerprint density at radius 3 is 2.79 bits per heavy atom. The first-order valence-corrected chi connectivity index (χ1v) is 9.62. The maximum atomic E-state index is 12.5. The van der Waals surface area contributed by atoms with Crippen LogP contribution in [0.2, 0.25) is 0 Å². The molecule has 134 valence electrons. The molecule has 8 heteroatoms. The van der Waals surface area contributed by atoms with E-state index in [0.717, 1.165) is 49.2 Å². The van der Waals surface area contributed by atoms with E-state index in [-0.39, 0.29) is 5.91 Å². The Morgan fingerprint density at radius 2 is 2.12 bits per heavy atom. The summed E-state index contributed by atoms with van der Waals surface area (Å²) in [7, 11) is 0. The SMILES string of the molecule is CCC[C@H]1CN(CC(=O)N2CCOCC2)C[C@@H]1Nc1nnc(C)s1. The van der Waals surface area contributed by atoms with Gasteiger partial charge in [0, 0.05) is 32.2 Å². The zero-order chi connectivity index (χ0) is 16.9. The van der Waals surface area contributed by atoms with Crippen molar-refractivity contribution >= 4 is 22.4 Å². The van der Waals surface area contributed by atoms with Crippen LogP contribution in [-0.2, 0) is 9.53 Å². The molecule has 0 radical (unpaired) electrons. The average molecular weight is 353 g/mol. The van der Waals surface area contributed by atoms with Gasteiger partial charge in [0.05, 0.1) is 19.8 Å². The standard InChI is InChI=1S/C16H27N5O2S/c1-3-4-13-9-20(11-15(22)21-5-7-23-8-6-21)10-14(13)17-16-19-18-12(2)24-16/h13-14H,3-11H2,1-2H3,(H,17,19)/t13-,14-/m0/s1. The van der Waals surface area contributed by atoms with Crippen molar-refractivity contribution in [1.29, 1.82) is 0 Å². The van der Waals surface area contributed by atoms with Crippen LogP contribution >= 0.6 is 11.3 Å². The number of likely N-dealkylation sites (tertiary alicyclic amines) is 1. The molecule has 1 amide bonds. The second-order valence-electron chi connectivity index (χ2n) is 6.61. The van der Waals surface area contributed by atoms with Gasteiger partial charge in [-0.2, -0.15) is 0 Å². The highest BCUT2D eigenvalue weighted by Crippen LogP contribution is 2.26. The smallest absolute Gasteiger partial charge is 0.236 e. The Hall–Kier alpha value is -1.25. The van der Waals surface area contributed by atoms with Crippen molar-refractivity contribution in [1.82, 2.24) is 20.0 Å². The van der Waals surface area contributed by atoms with E-state index >= 15 is 0 Å². The Balaban J connectivity index is 1.56. The van der Waals surface area contributed by atoms with E-state index in [0.29, 0.717) is 31.7 Å². The fraction of sp³-hybridized carbons (Fsp3) is 0.812. The molecule has 3 rings (SSSR count). The lowest BCUT2D eigenvalue weighted by Crippen LogP contribution is -2.45. The second kappa shape index (κ2) is 8.22. The summed E-state index contributed by atoms with van der Waals surface area (Å²) in [4.78, 5) is 16.7. The number of hydrogen-bond acceptors (Lipinski definition) is 7. The number of carbonyl (C=O) groups is 1. The van der Waals surface area contributed by atoms with Crippen LogP contribution in [0.25, 0.3) is 0 Å². The predicted octanol–water partition coefficient (Wildman–Crippen LogP) is 1.22. The lowest BCUT2D eigenvalue weighted by atomic mass is 9.98. The summed E-state index contributed by atoms with van der Waals surface area (Å²) in [6, 6.07) is 0.342. The second-order valence-corrected chi connectivity index (χ2v) is 7.79. The predicted molar refractivity (Wildman–Crippen MR) is 94.3 cm³/mol. The molecule has 7 nitrogen and oxygen atoms in total. The number of aryl methyl sites for hydroxylation is 1. The van der Waals surface area contributed by atoms with Gasteiger partial charge in [-0.25, -0.2) is 0 Å². The van der Waals surface area contributed by atoms with E-state index in [1.807, 2.05) is 11.8 Å². The van der Waals surface area contributed by atoms with Crippen LogP contribution in [0.1, 0.15) is 24.8 Å². The number of morpholine rings is 1. The summed E-state index contributed by atoms with van der Waals surface area (Å²) in [5, 5.41) is 13.7. The van der Waals surface area contributed by atoms with Gasteiger partial charge in [-0.1, -0.05) is 24.7 Å². The van der Waals surface area contributed by atoms with Crippen LogP contribution in [-0.4, -0.2) is 77.9 Å². The van der Waals surface area contributed by atoms with Gasteiger partial charge in [0.1, 0.15) is 5.01 Å². The van der Waals surface area contributed by atoms with Crippen molar-refractivity contribution in [2.75, 3.05) is 51.3 Å². The number of hydrogen-bond donors (Lipinski definition) is 1. The molecule has 2 fully saturated rings. The molecule has 2 aliphatic heterocycles. The number of rotatable bonds is 6. The lowest BCUT2D eigenvalue weighted by Gasteiger charge is -2.28. The van der Waals surface area contributed by atoms with Crippen LogP contribution in [0.5, 0.6) is 0 Å². The quantitative estimate of drug-likeness (QED) is 0.829. The fourth-order valence-electron chi connectivity index (χ4n) is 3.53. The number of amides is 1. The molecule has 24 heavy (non-hydrogen) atoms. The van der Waals surface area contributed by atoms with Gasteiger partial charge in [-0.15, -0.1) is 10.2 Å². The molecule has 0 aliphatic carbocycles. The summed E-state index contributed by atoms with van der Waals surface area (Å²) in [6.45, 7) is 9.30. The Bertz CT molecular complexity index is 546. The first kappa shape index (κ1) is 17.6. The largest absolute Gasteiger partial charge is 0.378 e. The molecule has 0 spiro atoms. The van der Waals surface area contributed by atoms with Crippen molar-refractivity contribution in [2.24, 2.45) is 5.92 Å². The molecule has 2 aliphatic rings. The molecular weight excluding hydrogens is 326 g/mol. The van der Waals surface area contributed by atoms with Gasteiger partial charge in [0.2, 0.25) is 11.0 Å². The van der Waals surface area contributed by atoms with Crippen molar-refractivity contribution in [3.8, 4) is 0 Å². The Morgan fingerprint density at radius 1 is 1.33 bits per heavy atom. The topological polar surface area (TPSA) is 70.6 Å². The molecule has 0 aromatic carbocycles. The molecule has 3 heterocycles. The number of carbonyl (C=O) groups excluding carboxylic acids is 1. The zero-order valence-electron chi connectivity index (χ0n) is 14.5. The summed E-state index contributed by atoms with van der Waals surface area (Å²) < 4.78 is 5.33. The maximum Gasteiger partial charge on any atom is 0.236 e. The van der Waals surface area contributed by atoms with Crippen LogP contribution in [0.15, 0.2) is 0 Å². The molecular formula is C16H27N5O2S. The maximum absolute atomic E-state index is 12.5. The van der Waals surface area contributed by atoms with Crippen LogP contribution in [0.4, 0.5) is 5.13 Å². The molecule has 0 bridgehead atoms. The zero-order valence-corrected chi connectivity index (χ0v) is 15.3. The first-order valence-electron chi connectivity index (χ1n) is 8.80. The minimum Gasteiger partial charge on any atom is -0.378 e. The van der Waals surface area contributed by atoms with Gasteiger partial charge in [-0.05, 0) is 19.3 Å². The van der Waals surface area contributed by atoms with E-state index in [9.17, 15) is 4.79 Å². The molecule has 2 atom stereocenters. The highest BCUT2D eigenvalue weighted by atomic mass is 32.1. The number of nitrogens with one attached hydrogen (secondary N) is 1. The highest BCUT2D eigenvalue weighted by Gasteiger charge is 2.34. The van der Waals surface area contributed by atoms with E-state index in [2.05, 4.69) is 27.3 Å². The lowest BCUT2D eigenvalue weighted by molar-refractivity contribution is -0.136. The van der Waals surface area contributed by atoms with Crippen LogP contribution in [0, 0.1) is 12.8 Å². The minimum atomic E-state index is 0.223. The van der Waals surface area contributed by atoms with Gasteiger partial charge in [-0.3, -0.25) is 9.69 Å². The van der Waals surface area contributed by atoms with E-state index in [1.165, 1.54) is 0 Å². The fourth-order valence-corrected chi connectivity index (χ4v) is 4.19. The molecule has 0 saturated carbocycles. The highest BCUT2D eigenvalue weighted by molar-refractivity contribution is 7.15. The van der Waals surface area contributed by atoms with Gasteiger partial charge >= 0.3 is 0 Å². The average Bonchev–Trinajstić information content (AvgIpc) is 3.15. The third-order valence-electron chi connectivity index (χ3n) is 4.73. The van der Waals surface area contributed by atoms with E-state index < -0.39 is 0 Å². The van der Waals surface area contributed by atoms with Crippen LogP contribution in [0.3, 0.4) is 0 Å². The normalized spacial score (nSPS) is 25.2.